The summed E-state index contributed by atoms with van der Waals surface area (Å²) >= 11 is 0. The third kappa shape index (κ3) is 5.90. The van der Waals surface area contributed by atoms with Crippen LogP contribution in [0.1, 0.15) is 22.8 Å². The second-order valence-corrected chi connectivity index (χ2v) is 6.99. The lowest BCUT2D eigenvalue weighted by molar-refractivity contribution is -0.139. The Bertz CT molecular complexity index is 777. The van der Waals surface area contributed by atoms with Gasteiger partial charge in [0.15, 0.2) is 0 Å². The minimum Gasteiger partial charge on any atom is -0.371 e. The fourth-order valence-electron chi connectivity index (χ4n) is 3.15. The predicted octanol–water partition coefficient (Wildman–Crippen LogP) is 1.80. The van der Waals surface area contributed by atoms with Gasteiger partial charge in [0.25, 0.3) is 0 Å². The molecule has 0 aliphatic carbocycles. The number of aryl methyl sites for hydroxylation is 1. The van der Waals surface area contributed by atoms with Gasteiger partial charge in [-0.3, -0.25) is 14.5 Å². The van der Waals surface area contributed by atoms with Crippen molar-refractivity contribution in [2.24, 2.45) is 0 Å². The molecule has 0 aromatic heterocycles. The summed E-state index contributed by atoms with van der Waals surface area (Å²) in [6.45, 7) is 5.71. The molecule has 1 saturated heterocycles. The Hall–Kier alpha value is -2.70. The van der Waals surface area contributed by atoms with Crippen LogP contribution >= 0.6 is 0 Å². The predicted molar refractivity (Wildman–Crippen MR) is 108 cm³/mol. The summed E-state index contributed by atoms with van der Waals surface area (Å²) in [4.78, 5) is 26.2. The van der Waals surface area contributed by atoms with Crippen molar-refractivity contribution in [2.75, 3.05) is 32.8 Å². The number of carbonyl (C=O) groups excluding carboxylic acids is 2. The van der Waals surface area contributed by atoms with Crippen LogP contribution in [0, 0.1) is 6.92 Å². The maximum absolute atomic E-state index is 12.0. The van der Waals surface area contributed by atoms with Crippen molar-refractivity contribution in [3.05, 3.63) is 71.3 Å². The van der Waals surface area contributed by atoms with Crippen molar-refractivity contribution in [1.29, 1.82) is 0 Å². The molecule has 2 aromatic carbocycles. The lowest BCUT2D eigenvalue weighted by Crippen LogP contribution is -2.45. The van der Waals surface area contributed by atoms with Crippen molar-refractivity contribution in [2.45, 2.75) is 19.6 Å². The van der Waals surface area contributed by atoms with Gasteiger partial charge in [-0.1, -0.05) is 60.2 Å². The lowest BCUT2D eigenvalue weighted by Gasteiger charge is -2.33. The second kappa shape index (κ2) is 10.0. The second-order valence-electron chi connectivity index (χ2n) is 6.99. The summed E-state index contributed by atoms with van der Waals surface area (Å²) in [5.74, 6) is -1.20. The fraction of sp³-hybridized carbons (Fsp3) is 0.364. The number of benzene rings is 2. The maximum Gasteiger partial charge on any atom is 0.309 e. The number of rotatable bonds is 6. The molecule has 6 heteroatoms. The van der Waals surface area contributed by atoms with Gasteiger partial charge >= 0.3 is 11.8 Å². The monoisotopic (exact) mass is 381 g/mol. The highest BCUT2D eigenvalue weighted by atomic mass is 16.5. The van der Waals surface area contributed by atoms with Crippen LogP contribution in [-0.2, 0) is 20.9 Å². The van der Waals surface area contributed by atoms with Crippen LogP contribution in [-0.4, -0.2) is 49.5 Å². The normalized spacial score (nSPS) is 17.1. The van der Waals surface area contributed by atoms with Crippen molar-refractivity contribution in [1.82, 2.24) is 15.5 Å². The summed E-state index contributed by atoms with van der Waals surface area (Å²) in [6, 6.07) is 18.0. The number of nitrogens with one attached hydrogen (secondary N) is 2. The van der Waals surface area contributed by atoms with E-state index < -0.39 is 11.8 Å². The number of carbonyl (C=O) groups is 2. The Morgan fingerprint density at radius 1 is 1.04 bits per heavy atom. The first-order chi connectivity index (χ1) is 13.6. The van der Waals surface area contributed by atoms with Gasteiger partial charge in [-0.25, -0.2) is 0 Å². The molecule has 1 atom stereocenters. The Labute approximate surface area is 165 Å². The minimum atomic E-state index is -0.607. The van der Waals surface area contributed by atoms with Gasteiger partial charge < -0.3 is 15.4 Å². The third-order valence-electron chi connectivity index (χ3n) is 4.82. The van der Waals surface area contributed by atoms with Crippen LogP contribution in [0.2, 0.25) is 0 Å². The molecule has 2 aromatic rings. The van der Waals surface area contributed by atoms with Crippen molar-refractivity contribution >= 4 is 11.8 Å². The smallest absolute Gasteiger partial charge is 0.309 e. The van der Waals surface area contributed by atoms with Crippen molar-refractivity contribution in [3.8, 4) is 0 Å². The van der Waals surface area contributed by atoms with Gasteiger partial charge in [-0.15, -0.1) is 0 Å². The molecule has 1 unspecified atom stereocenters. The summed E-state index contributed by atoms with van der Waals surface area (Å²) in [7, 11) is 0. The molecule has 1 fully saturated rings. The zero-order valence-corrected chi connectivity index (χ0v) is 16.2. The van der Waals surface area contributed by atoms with Crippen LogP contribution < -0.4 is 10.6 Å². The van der Waals surface area contributed by atoms with E-state index >= 15 is 0 Å². The molecular weight excluding hydrogens is 354 g/mol. The minimum absolute atomic E-state index is 0.0449. The van der Waals surface area contributed by atoms with E-state index in [1.807, 2.05) is 49.4 Å². The molecule has 1 aliphatic rings. The van der Waals surface area contributed by atoms with Crippen LogP contribution in [0.15, 0.2) is 54.6 Å². The Kier molecular flexibility index (Phi) is 7.17. The zero-order valence-electron chi connectivity index (χ0n) is 16.2. The van der Waals surface area contributed by atoms with Crippen LogP contribution in [0.3, 0.4) is 0 Å². The number of ether oxygens (including phenoxy) is 1. The fourth-order valence-corrected chi connectivity index (χ4v) is 3.15. The van der Waals surface area contributed by atoms with E-state index in [1.165, 1.54) is 0 Å². The average molecular weight is 381 g/mol. The lowest BCUT2D eigenvalue weighted by atomic mass is 10.1. The van der Waals surface area contributed by atoms with Gasteiger partial charge in [0.05, 0.1) is 12.7 Å². The molecule has 0 radical (unpaired) electrons. The molecule has 1 aliphatic heterocycles. The molecule has 2 amide bonds. The van der Waals surface area contributed by atoms with E-state index in [0.717, 1.165) is 29.8 Å². The van der Waals surface area contributed by atoms with Gasteiger partial charge in [0.2, 0.25) is 0 Å². The van der Waals surface area contributed by atoms with Crippen molar-refractivity contribution in [3.63, 3.8) is 0 Å². The highest BCUT2D eigenvalue weighted by molar-refractivity contribution is 6.35. The number of hydrogen-bond acceptors (Lipinski definition) is 4. The first-order valence-corrected chi connectivity index (χ1v) is 9.62. The van der Waals surface area contributed by atoms with Crippen molar-refractivity contribution < 1.29 is 14.3 Å². The Morgan fingerprint density at radius 2 is 1.75 bits per heavy atom. The van der Waals surface area contributed by atoms with Crippen LogP contribution in [0.4, 0.5) is 0 Å². The van der Waals surface area contributed by atoms with E-state index in [-0.39, 0.29) is 6.10 Å². The van der Waals surface area contributed by atoms with Crippen LogP contribution in [0.5, 0.6) is 0 Å². The highest BCUT2D eigenvalue weighted by Crippen LogP contribution is 2.21. The number of morpholine rings is 1. The van der Waals surface area contributed by atoms with E-state index in [4.69, 9.17) is 4.74 Å². The quantitative estimate of drug-likeness (QED) is 0.749. The first-order valence-electron chi connectivity index (χ1n) is 9.62. The van der Waals surface area contributed by atoms with Gasteiger partial charge in [-0.05, 0) is 18.1 Å². The van der Waals surface area contributed by atoms with E-state index in [1.54, 1.807) is 0 Å². The highest BCUT2D eigenvalue weighted by Gasteiger charge is 2.22. The number of hydrogen-bond donors (Lipinski definition) is 2. The van der Waals surface area contributed by atoms with E-state index in [2.05, 4.69) is 27.7 Å². The molecule has 0 bridgehead atoms. The molecule has 0 spiro atoms. The van der Waals surface area contributed by atoms with Gasteiger partial charge in [0.1, 0.15) is 0 Å². The maximum atomic E-state index is 12.0. The molecular formula is C22H27N3O3. The van der Waals surface area contributed by atoms with Gasteiger partial charge in [-0.2, -0.15) is 0 Å². The van der Waals surface area contributed by atoms with Gasteiger partial charge in [0, 0.05) is 32.7 Å². The zero-order chi connectivity index (χ0) is 19.8. The first kappa shape index (κ1) is 20.0. The third-order valence-corrected chi connectivity index (χ3v) is 4.82. The summed E-state index contributed by atoms with van der Waals surface area (Å²) < 4.78 is 5.85. The Balaban J connectivity index is 1.37. The average Bonchev–Trinajstić information content (AvgIpc) is 2.74. The summed E-state index contributed by atoms with van der Waals surface area (Å²) in [5, 5.41) is 5.35. The van der Waals surface area contributed by atoms with Crippen LogP contribution in [0.25, 0.3) is 0 Å². The summed E-state index contributed by atoms with van der Waals surface area (Å²) in [5.41, 5.74) is 3.28. The number of amides is 2. The molecule has 0 saturated carbocycles. The summed E-state index contributed by atoms with van der Waals surface area (Å²) in [6.07, 6.45) is 0.0449. The molecule has 148 valence electrons. The molecule has 3 rings (SSSR count). The largest absolute Gasteiger partial charge is 0.371 e. The molecule has 6 nitrogen and oxygen atoms in total. The SMILES string of the molecule is Cc1ccc(CNC(=O)C(=O)NCCN2CCOC(c3ccccc3)C2)cc1. The van der Waals surface area contributed by atoms with E-state index in [9.17, 15) is 9.59 Å². The molecule has 2 N–H and O–H groups in total. The standard InChI is InChI=1S/C22H27N3O3/c1-17-7-9-18(10-8-17)15-24-22(27)21(26)23-11-12-25-13-14-28-20(16-25)19-5-3-2-4-6-19/h2-10,20H,11-16H2,1H3,(H,23,26)(H,24,27). The molecule has 1 heterocycles. The number of nitrogens with zero attached hydrogens (tertiary/aromatic N) is 1. The Morgan fingerprint density at radius 3 is 2.50 bits per heavy atom. The molecule has 28 heavy (non-hydrogen) atoms. The van der Waals surface area contributed by atoms with E-state index in [0.29, 0.717) is 26.2 Å². The topological polar surface area (TPSA) is 70.7 Å².